The zero-order chi connectivity index (χ0) is 11.8. The van der Waals surface area contributed by atoms with Crippen molar-refractivity contribution in [1.29, 1.82) is 0 Å². The van der Waals surface area contributed by atoms with Gasteiger partial charge in [0.05, 0.1) is 5.52 Å². The molecule has 0 saturated carbocycles. The molecule has 6 heteroatoms. The highest BCUT2D eigenvalue weighted by atomic mass is 16.5. The third kappa shape index (κ3) is 1.50. The van der Waals surface area contributed by atoms with Crippen LogP contribution >= 0.6 is 0 Å². The highest BCUT2D eigenvalue weighted by Gasteiger charge is 2.10. The molecule has 0 aliphatic rings. The first-order valence-electron chi connectivity index (χ1n) is 5.18. The minimum Gasteiger partial charge on any atom is -0.377 e. The lowest BCUT2D eigenvalue weighted by atomic mass is 10.2. The number of hydrogen-bond acceptors (Lipinski definition) is 5. The molecule has 0 aliphatic carbocycles. The van der Waals surface area contributed by atoms with Crippen LogP contribution < -0.4 is 5.73 Å². The van der Waals surface area contributed by atoms with Crippen molar-refractivity contribution in [2.24, 2.45) is 0 Å². The number of nitrogen functional groups attached to an aromatic ring is 1. The van der Waals surface area contributed by atoms with Crippen molar-refractivity contribution in [3.05, 3.63) is 30.1 Å². The fourth-order valence-corrected chi connectivity index (χ4v) is 1.81. The molecular formula is C11H11N5O. The van der Waals surface area contributed by atoms with Gasteiger partial charge in [-0.2, -0.15) is 4.52 Å². The Morgan fingerprint density at radius 3 is 2.94 bits per heavy atom. The zero-order valence-corrected chi connectivity index (χ0v) is 9.29. The molecule has 2 N–H and O–H groups in total. The van der Waals surface area contributed by atoms with E-state index in [0.717, 1.165) is 10.9 Å². The van der Waals surface area contributed by atoms with Gasteiger partial charge < -0.3 is 10.5 Å². The Morgan fingerprint density at radius 2 is 2.12 bits per heavy atom. The summed E-state index contributed by atoms with van der Waals surface area (Å²) in [4.78, 5) is 8.67. The number of fused-ring (bicyclic) bond motifs is 3. The molecular weight excluding hydrogens is 218 g/mol. The number of hydrogen-bond donors (Lipinski definition) is 1. The summed E-state index contributed by atoms with van der Waals surface area (Å²) < 4.78 is 6.55. The number of methoxy groups -OCH3 is 1. The first-order chi connectivity index (χ1) is 8.29. The predicted molar refractivity (Wildman–Crippen MR) is 63.4 cm³/mol. The molecule has 86 valence electrons. The van der Waals surface area contributed by atoms with Crippen molar-refractivity contribution in [3.63, 3.8) is 0 Å². The number of ether oxygens (including phenoxy) is 1. The molecule has 0 bridgehead atoms. The summed E-state index contributed by atoms with van der Waals surface area (Å²) in [5.74, 6) is 0.922. The minimum absolute atomic E-state index is 0.327. The Kier molecular flexibility index (Phi) is 2.15. The average Bonchev–Trinajstić information content (AvgIpc) is 2.74. The van der Waals surface area contributed by atoms with E-state index in [1.165, 1.54) is 4.52 Å². The van der Waals surface area contributed by atoms with Crippen molar-refractivity contribution in [2.75, 3.05) is 12.8 Å². The normalized spacial score (nSPS) is 11.4. The van der Waals surface area contributed by atoms with E-state index < -0.39 is 0 Å². The summed E-state index contributed by atoms with van der Waals surface area (Å²) in [5, 5.41) is 5.17. The van der Waals surface area contributed by atoms with Crippen LogP contribution in [0, 0.1) is 0 Å². The second-order valence-corrected chi connectivity index (χ2v) is 3.68. The van der Waals surface area contributed by atoms with Gasteiger partial charge in [-0.3, -0.25) is 0 Å². The fraction of sp³-hybridized carbons (Fsp3) is 0.182. The van der Waals surface area contributed by atoms with E-state index in [2.05, 4.69) is 15.1 Å². The van der Waals surface area contributed by atoms with Gasteiger partial charge in [-0.15, -0.1) is 5.10 Å². The van der Waals surface area contributed by atoms with Gasteiger partial charge in [0, 0.05) is 12.5 Å². The van der Waals surface area contributed by atoms with E-state index in [1.807, 2.05) is 24.3 Å². The van der Waals surface area contributed by atoms with E-state index in [1.54, 1.807) is 7.11 Å². The minimum atomic E-state index is 0.327. The first-order valence-corrected chi connectivity index (χ1v) is 5.18. The van der Waals surface area contributed by atoms with Gasteiger partial charge >= 0.3 is 0 Å². The van der Waals surface area contributed by atoms with E-state index >= 15 is 0 Å². The number of benzene rings is 1. The Hall–Kier alpha value is -2.21. The van der Waals surface area contributed by atoms with Crippen LogP contribution in [0.3, 0.4) is 0 Å². The largest absolute Gasteiger partial charge is 0.377 e. The van der Waals surface area contributed by atoms with Crippen molar-refractivity contribution >= 4 is 22.5 Å². The number of nitrogens with two attached hydrogens (primary N) is 1. The summed E-state index contributed by atoms with van der Waals surface area (Å²) in [6, 6.07) is 7.70. The molecule has 1 aromatic carbocycles. The molecule has 3 aromatic rings. The molecule has 6 nitrogen and oxygen atoms in total. The van der Waals surface area contributed by atoms with Crippen LogP contribution in [0.1, 0.15) is 5.82 Å². The lowest BCUT2D eigenvalue weighted by molar-refractivity contribution is 0.178. The molecule has 0 amide bonds. The van der Waals surface area contributed by atoms with Gasteiger partial charge in [0.2, 0.25) is 5.95 Å². The van der Waals surface area contributed by atoms with Gasteiger partial charge in [0.15, 0.2) is 11.5 Å². The van der Waals surface area contributed by atoms with Gasteiger partial charge in [-0.25, -0.2) is 9.97 Å². The SMILES string of the molecule is COCc1nc2c3ccccc3nc(N)n2n1. The maximum absolute atomic E-state index is 5.84. The lowest BCUT2D eigenvalue weighted by Crippen LogP contribution is -2.02. The van der Waals surface area contributed by atoms with Crippen molar-refractivity contribution in [3.8, 4) is 0 Å². The van der Waals surface area contributed by atoms with Crippen molar-refractivity contribution in [2.45, 2.75) is 6.61 Å². The summed E-state index contributed by atoms with van der Waals surface area (Å²) in [6.07, 6.45) is 0. The van der Waals surface area contributed by atoms with E-state index in [-0.39, 0.29) is 0 Å². The molecule has 0 atom stereocenters. The van der Waals surface area contributed by atoms with Crippen LogP contribution in [-0.2, 0) is 11.3 Å². The number of aromatic nitrogens is 4. The van der Waals surface area contributed by atoms with Crippen LogP contribution in [0.2, 0.25) is 0 Å². The van der Waals surface area contributed by atoms with E-state index in [0.29, 0.717) is 24.0 Å². The topological polar surface area (TPSA) is 78.3 Å². The molecule has 0 unspecified atom stereocenters. The Labute approximate surface area is 97.0 Å². The van der Waals surface area contributed by atoms with Crippen LogP contribution in [0.5, 0.6) is 0 Å². The van der Waals surface area contributed by atoms with E-state index in [4.69, 9.17) is 10.5 Å². The number of nitrogens with zero attached hydrogens (tertiary/aromatic N) is 4. The molecule has 2 aromatic heterocycles. The van der Waals surface area contributed by atoms with Gasteiger partial charge in [-0.1, -0.05) is 12.1 Å². The number of para-hydroxylation sites is 1. The summed E-state index contributed by atoms with van der Waals surface area (Å²) >= 11 is 0. The fourth-order valence-electron chi connectivity index (χ4n) is 1.81. The van der Waals surface area contributed by atoms with Crippen LogP contribution in [0.15, 0.2) is 24.3 Å². The Balaban J connectivity index is 2.39. The summed E-state index contributed by atoms with van der Waals surface area (Å²) in [5.41, 5.74) is 7.36. The van der Waals surface area contributed by atoms with Crippen LogP contribution in [0.4, 0.5) is 5.95 Å². The highest BCUT2D eigenvalue weighted by molar-refractivity contribution is 5.92. The smallest absolute Gasteiger partial charge is 0.223 e. The van der Waals surface area contributed by atoms with Gasteiger partial charge in [0.25, 0.3) is 0 Å². The number of rotatable bonds is 2. The maximum atomic E-state index is 5.84. The second-order valence-electron chi connectivity index (χ2n) is 3.68. The quantitative estimate of drug-likeness (QED) is 0.709. The second kappa shape index (κ2) is 3.67. The van der Waals surface area contributed by atoms with Gasteiger partial charge in [0.1, 0.15) is 6.61 Å². The van der Waals surface area contributed by atoms with Crippen LogP contribution in [0.25, 0.3) is 16.6 Å². The monoisotopic (exact) mass is 229 g/mol. The third-order valence-electron chi connectivity index (χ3n) is 2.52. The molecule has 3 rings (SSSR count). The Morgan fingerprint density at radius 1 is 1.29 bits per heavy atom. The molecule has 0 fully saturated rings. The molecule has 0 radical (unpaired) electrons. The lowest BCUT2D eigenvalue weighted by Gasteiger charge is -2.00. The highest BCUT2D eigenvalue weighted by Crippen LogP contribution is 2.18. The molecule has 2 heterocycles. The van der Waals surface area contributed by atoms with E-state index in [9.17, 15) is 0 Å². The first kappa shape index (κ1) is 9.98. The molecule has 17 heavy (non-hydrogen) atoms. The van der Waals surface area contributed by atoms with Gasteiger partial charge in [-0.05, 0) is 12.1 Å². The summed E-state index contributed by atoms with van der Waals surface area (Å²) in [7, 11) is 1.60. The van der Waals surface area contributed by atoms with Crippen molar-refractivity contribution in [1.82, 2.24) is 19.6 Å². The molecule has 0 spiro atoms. The third-order valence-corrected chi connectivity index (χ3v) is 2.52. The maximum Gasteiger partial charge on any atom is 0.223 e. The standard InChI is InChI=1S/C11H11N5O/c1-17-6-9-14-10-7-4-2-3-5-8(7)13-11(12)16(10)15-9/h2-5H,6H2,1H3,(H2,12,13). The molecule has 0 aliphatic heterocycles. The van der Waals surface area contributed by atoms with Crippen LogP contribution in [-0.4, -0.2) is 26.7 Å². The summed E-state index contributed by atoms with van der Waals surface area (Å²) in [6.45, 7) is 0.357. The predicted octanol–water partition coefficient (Wildman–Crippen LogP) is 1.01. The van der Waals surface area contributed by atoms with Crippen molar-refractivity contribution < 1.29 is 4.74 Å². The Bertz CT molecular complexity index is 691. The zero-order valence-electron chi connectivity index (χ0n) is 9.29. The average molecular weight is 229 g/mol. The number of anilines is 1. The molecule has 0 saturated heterocycles.